The van der Waals surface area contributed by atoms with Crippen LogP contribution in [0.2, 0.25) is 0 Å². The first kappa shape index (κ1) is 35.2. The molecule has 0 bridgehead atoms. The highest BCUT2D eigenvalue weighted by Crippen LogP contribution is 2.52. The molecule has 0 N–H and O–H groups in total. The molecule has 1 aromatic carbocycles. The van der Waals surface area contributed by atoms with Crippen LogP contribution in [0, 0.1) is 23.1 Å². The molecule has 12 heteroatoms. The number of anilines is 1. The van der Waals surface area contributed by atoms with Crippen LogP contribution in [-0.4, -0.2) is 125 Å². The largest absolute Gasteiger partial charge is 0.490 e. The first-order valence-electron chi connectivity index (χ1n) is 19.3. The fourth-order valence-corrected chi connectivity index (χ4v) is 9.53. The molecule has 3 saturated heterocycles. The number of nitrogens with zero attached hydrogens (tertiary/aromatic N) is 8. The molecule has 278 valence electrons. The Morgan fingerprint density at radius 3 is 2.54 bits per heavy atom. The maximum Gasteiger partial charge on any atom is 0.257 e. The summed E-state index contributed by atoms with van der Waals surface area (Å²) in [5.41, 5.74) is 2.80. The Bertz CT molecular complexity index is 1750. The van der Waals surface area contributed by atoms with E-state index in [0.717, 1.165) is 69.6 Å². The van der Waals surface area contributed by atoms with Gasteiger partial charge in [0.05, 0.1) is 11.8 Å². The van der Waals surface area contributed by atoms with Gasteiger partial charge < -0.3 is 29.1 Å². The van der Waals surface area contributed by atoms with Gasteiger partial charge in [0.15, 0.2) is 11.6 Å². The molecule has 1 spiro atoms. The van der Waals surface area contributed by atoms with Gasteiger partial charge in [-0.1, -0.05) is 0 Å². The van der Waals surface area contributed by atoms with E-state index < -0.39 is 5.82 Å². The van der Waals surface area contributed by atoms with Crippen molar-refractivity contribution in [2.75, 3.05) is 77.4 Å². The summed E-state index contributed by atoms with van der Waals surface area (Å²) in [7, 11) is 2.26. The minimum Gasteiger partial charge on any atom is -0.490 e. The summed E-state index contributed by atoms with van der Waals surface area (Å²) in [6.07, 6.45) is 9.36. The van der Waals surface area contributed by atoms with Crippen LogP contribution in [0.15, 0.2) is 43.0 Å². The zero-order valence-electron chi connectivity index (χ0n) is 31.1. The highest BCUT2D eigenvalue weighted by Gasteiger charge is 2.54. The zero-order chi connectivity index (χ0) is 36.0. The second-order valence-corrected chi connectivity index (χ2v) is 16.3. The second-order valence-electron chi connectivity index (χ2n) is 16.3. The molecule has 0 radical (unpaired) electrons. The maximum absolute atomic E-state index is 14.3. The van der Waals surface area contributed by atoms with E-state index in [0.29, 0.717) is 18.1 Å². The van der Waals surface area contributed by atoms with Crippen molar-refractivity contribution < 1.29 is 18.7 Å². The van der Waals surface area contributed by atoms with Gasteiger partial charge in [0.2, 0.25) is 0 Å². The predicted molar refractivity (Wildman–Crippen MR) is 197 cm³/mol. The van der Waals surface area contributed by atoms with Gasteiger partial charge in [-0.05, 0) is 96.3 Å². The highest BCUT2D eigenvalue weighted by atomic mass is 19.1. The first-order valence-corrected chi connectivity index (χ1v) is 19.3. The van der Waals surface area contributed by atoms with Crippen molar-refractivity contribution in [1.29, 1.82) is 0 Å². The van der Waals surface area contributed by atoms with Crippen LogP contribution in [0.4, 0.5) is 10.2 Å². The van der Waals surface area contributed by atoms with Gasteiger partial charge in [0, 0.05) is 94.2 Å². The number of hydrogen-bond acceptors (Lipinski definition) is 10. The maximum atomic E-state index is 14.3. The first-order chi connectivity index (χ1) is 25.2. The van der Waals surface area contributed by atoms with Gasteiger partial charge in [0.25, 0.3) is 5.91 Å². The number of benzene rings is 1. The molecule has 0 unspecified atom stereocenters. The van der Waals surface area contributed by atoms with Crippen molar-refractivity contribution >= 4 is 11.7 Å². The van der Waals surface area contributed by atoms with Gasteiger partial charge in [-0.3, -0.25) is 14.7 Å². The van der Waals surface area contributed by atoms with Crippen LogP contribution in [-0.2, 0) is 13.0 Å². The van der Waals surface area contributed by atoms with E-state index in [1.165, 1.54) is 74.9 Å². The van der Waals surface area contributed by atoms with E-state index >= 15 is 0 Å². The molecule has 2 atom stereocenters. The number of rotatable bonds is 12. The average Bonchev–Trinajstić information content (AvgIpc) is 3.63. The Labute approximate surface area is 307 Å². The Morgan fingerprint density at radius 2 is 1.79 bits per heavy atom. The summed E-state index contributed by atoms with van der Waals surface area (Å²) in [4.78, 5) is 38.6. The standard InChI is InChI=1S/C40H53FN8O3/c1-5-49(27(2)3)39(50)32-15-30(41)7-8-35(32)52-37-18-42-26-44-38(37)48-24-40(25-48)16-31(17-40)51-36-9-11-43-34-10-14-46(23-33(34)36)12-6-13-47-21-28-19-45(4)20-29(28)22-47/h7-9,11,15,18,26-29,31H,5-6,10,12-14,16-17,19-25H2,1-4H3/t28-,29+. The van der Waals surface area contributed by atoms with Crippen LogP contribution in [0.3, 0.4) is 0 Å². The minimum absolute atomic E-state index is 0.0343. The topological polar surface area (TPSA) is 90.4 Å². The van der Waals surface area contributed by atoms with Crippen molar-refractivity contribution in [3.8, 4) is 17.2 Å². The lowest BCUT2D eigenvalue weighted by Gasteiger charge is -2.59. The normalized spacial score (nSPS) is 23.0. The summed E-state index contributed by atoms with van der Waals surface area (Å²) in [6.45, 7) is 17.3. The number of aromatic nitrogens is 3. The SMILES string of the molecule is CCN(C(=O)c1cc(F)ccc1Oc1cncnc1N1CC2(CC(Oc3ccnc4c3CN(CCCN3C[C@H]5CN(C)C[C@H]5C3)CC4)C2)C1)C(C)C. The molecule has 3 aromatic rings. The molecule has 2 aromatic heterocycles. The van der Waals surface area contributed by atoms with Crippen molar-refractivity contribution in [2.24, 2.45) is 17.3 Å². The minimum atomic E-state index is -0.487. The molecule has 1 amide bonds. The smallest absolute Gasteiger partial charge is 0.257 e. The van der Waals surface area contributed by atoms with Crippen LogP contribution in [0.5, 0.6) is 17.2 Å². The molecule has 6 heterocycles. The van der Waals surface area contributed by atoms with Gasteiger partial charge in [0.1, 0.15) is 29.7 Å². The van der Waals surface area contributed by atoms with Gasteiger partial charge in [-0.2, -0.15) is 0 Å². The number of amides is 1. The van der Waals surface area contributed by atoms with E-state index in [9.17, 15) is 9.18 Å². The molecule has 1 saturated carbocycles. The molecule has 11 nitrogen and oxygen atoms in total. The molecular formula is C40H53FN8O3. The number of ether oxygens (including phenoxy) is 2. The number of halogens is 1. The van der Waals surface area contributed by atoms with Crippen molar-refractivity contribution in [2.45, 2.75) is 65.1 Å². The van der Waals surface area contributed by atoms with Crippen molar-refractivity contribution in [3.63, 3.8) is 0 Å². The Balaban J connectivity index is 0.847. The molecule has 52 heavy (non-hydrogen) atoms. The number of carbonyl (C=O) groups excluding carboxylic acids is 1. The van der Waals surface area contributed by atoms with Crippen LogP contribution in [0.25, 0.3) is 0 Å². The van der Waals surface area contributed by atoms with Crippen molar-refractivity contribution in [3.05, 3.63) is 65.6 Å². The summed E-state index contributed by atoms with van der Waals surface area (Å²) in [5.74, 6) is 3.38. The van der Waals surface area contributed by atoms with E-state index in [-0.39, 0.29) is 34.8 Å². The molecule has 1 aliphatic carbocycles. The predicted octanol–water partition coefficient (Wildman–Crippen LogP) is 4.96. The molecule has 8 rings (SSSR count). The van der Waals surface area contributed by atoms with Crippen LogP contribution < -0.4 is 14.4 Å². The molecular weight excluding hydrogens is 659 g/mol. The highest BCUT2D eigenvalue weighted by molar-refractivity contribution is 5.97. The van der Waals surface area contributed by atoms with E-state index in [4.69, 9.17) is 14.5 Å². The van der Waals surface area contributed by atoms with E-state index in [2.05, 4.69) is 42.7 Å². The summed E-state index contributed by atoms with van der Waals surface area (Å²) in [6, 6.07) is 6.08. The second kappa shape index (κ2) is 14.5. The number of carbonyl (C=O) groups is 1. The summed E-state index contributed by atoms with van der Waals surface area (Å²) >= 11 is 0. The van der Waals surface area contributed by atoms with Crippen molar-refractivity contribution in [1.82, 2.24) is 34.6 Å². The van der Waals surface area contributed by atoms with Crippen LogP contribution >= 0.6 is 0 Å². The van der Waals surface area contributed by atoms with Gasteiger partial charge in [-0.25, -0.2) is 14.4 Å². The third-order valence-electron chi connectivity index (χ3n) is 12.1. The lowest BCUT2D eigenvalue weighted by Crippen LogP contribution is -2.65. The lowest BCUT2D eigenvalue weighted by molar-refractivity contribution is -0.0352. The summed E-state index contributed by atoms with van der Waals surface area (Å²) in [5, 5.41) is 0. The van der Waals surface area contributed by atoms with E-state index in [1.54, 1.807) is 11.1 Å². The summed E-state index contributed by atoms with van der Waals surface area (Å²) < 4.78 is 27.3. The third kappa shape index (κ3) is 7.09. The number of hydrogen-bond donors (Lipinski definition) is 0. The number of fused-ring (bicyclic) bond motifs is 2. The van der Waals surface area contributed by atoms with Gasteiger partial charge >= 0.3 is 0 Å². The third-order valence-corrected chi connectivity index (χ3v) is 12.1. The van der Waals surface area contributed by atoms with E-state index in [1.807, 2.05) is 27.0 Å². The monoisotopic (exact) mass is 712 g/mol. The lowest BCUT2D eigenvalue weighted by atomic mass is 9.61. The Morgan fingerprint density at radius 1 is 1.02 bits per heavy atom. The fraction of sp³-hybridized carbons (Fsp3) is 0.600. The fourth-order valence-electron chi connectivity index (χ4n) is 9.53. The Kier molecular flexibility index (Phi) is 9.82. The number of likely N-dealkylation sites (tertiary alicyclic amines) is 2. The zero-order valence-corrected chi connectivity index (χ0v) is 31.1. The molecule has 4 fully saturated rings. The average molecular weight is 713 g/mol. The Hall–Kier alpha value is -3.87. The molecule has 5 aliphatic rings. The quantitative estimate of drug-likeness (QED) is 0.257. The van der Waals surface area contributed by atoms with Gasteiger partial charge in [-0.15, -0.1) is 0 Å². The molecule has 4 aliphatic heterocycles. The number of pyridine rings is 1. The van der Waals surface area contributed by atoms with Crippen LogP contribution in [0.1, 0.15) is 61.6 Å².